The summed E-state index contributed by atoms with van der Waals surface area (Å²) < 4.78 is 1.70. The fourth-order valence-electron chi connectivity index (χ4n) is 5.67. The van der Waals surface area contributed by atoms with Crippen LogP contribution >= 0.6 is 0 Å². The van der Waals surface area contributed by atoms with Gasteiger partial charge in [-0.25, -0.2) is 0 Å². The van der Waals surface area contributed by atoms with E-state index in [1.807, 2.05) is 62.4 Å². The lowest BCUT2D eigenvalue weighted by Crippen LogP contribution is -2.44. The normalized spacial score (nSPS) is 16.9. The van der Waals surface area contributed by atoms with Crippen LogP contribution in [0.5, 0.6) is 0 Å². The number of aromatic nitrogens is 2. The summed E-state index contributed by atoms with van der Waals surface area (Å²) in [5.74, 6) is -0.681. The van der Waals surface area contributed by atoms with Gasteiger partial charge in [0, 0.05) is 56.0 Å². The molecule has 9 heteroatoms. The molecule has 2 N–H and O–H groups in total. The maximum atomic E-state index is 12.8. The zero-order valence-corrected chi connectivity index (χ0v) is 24.9. The Morgan fingerprint density at radius 2 is 1.72 bits per heavy atom. The second kappa shape index (κ2) is 12.2. The number of amides is 2. The highest BCUT2D eigenvalue weighted by Crippen LogP contribution is 2.33. The van der Waals surface area contributed by atoms with Gasteiger partial charge in [0.25, 0.3) is 5.91 Å². The zero-order valence-electron chi connectivity index (χ0n) is 24.9. The maximum absolute atomic E-state index is 12.8. The summed E-state index contributed by atoms with van der Waals surface area (Å²) in [5.41, 5.74) is 8.10. The van der Waals surface area contributed by atoms with Crippen LogP contribution in [0.1, 0.15) is 45.7 Å². The third kappa shape index (κ3) is 6.36. The van der Waals surface area contributed by atoms with Crippen LogP contribution in [0.4, 0.5) is 22.7 Å². The van der Waals surface area contributed by atoms with Crippen molar-refractivity contribution < 1.29 is 9.59 Å². The number of nitrogens with one attached hydrogen (secondary N) is 2. The second-order valence-electron chi connectivity index (χ2n) is 11.3. The number of likely N-dealkylation sites (N-methyl/N-ethyl adjacent to an activating group) is 1. The van der Waals surface area contributed by atoms with Crippen molar-refractivity contribution in [2.45, 2.75) is 32.7 Å². The molecule has 1 fully saturated rings. The van der Waals surface area contributed by atoms with Gasteiger partial charge in [-0.15, -0.1) is 0 Å². The van der Waals surface area contributed by atoms with Gasteiger partial charge in [-0.1, -0.05) is 24.3 Å². The quantitative estimate of drug-likeness (QED) is 0.280. The lowest BCUT2D eigenvalue weighted by molar-refractivity contribution is -0.115. The molecule has 3 heterocycles. The monoisotopic (exact) mass is 575 g/mol. The maximum Gasteiger partial charge on any atom is 0.273 e. The van der Waals surface area contributed by atoms with Crippen LogP contribution in [0.3, 0.4) is 0 Å². The van der Waals surface area contributed by atoms with E-state index in [9.17, 15) is 9.59 Å². The number of piperazine rings is 1. The molecule has 0 saturated carbocycles. The molecule has 6 rings (SSSR count). The number of nitrogens with zero attached hydrogens (tertiary/aromatic N) is 5. The topological polar surface area (TPSA) is 94.9 Å². The fraction of sp³-hybridized carbons (Fsp3) is 0.294. The van der Waals surface area contributed by atoms with Crippen molar-refractivity contribution in [2.24, 2.45) is 4.99 Å². The number of anilines is 3. The molecule has 43 heavy (non-hydrogen) atoms. The van der Waals surface area contributed by atoms with Gasteiger partial charge >= 0.3 is 0 Å². The van der Waals surface area contributed by atoms with Crippen LogP contribution in [-0.4, -0.2) is 65.9 Å². The van der Waals surface area contributed by atoms with Crippen molar-refractivity contribution in [3.05, 3.63) is 101 Å². The highest BCUT2D eigenvalue weighted by Gasteiger charge is 2.29. The Morgan fingerprint density at radius 1 is 1.00 bits per heavy atom. The molecule has 4 aromatic rings. The predicted octanol–water partition coefficient (Wildman–Crippen LogP) is 5.24. The fourth-order valence-corrected chi connectivity index (χ4v) is 5.67. The first-order valence-electron chi connectivity index (χ1n) is 14.8. The van der Waals surface area contributed by atoms with Crippen LogP contribution in [0.2, 0.25) is 0 Å². The van der Waals surface area contributed by atoms with Crippen LogP contribution < -0.4 is 15.5 Å². The largest absolute Gasteiger partial charge is 0.369 e. The summed E-state index contributed by atoms with van der Waals surface area (Å²) in [6, 6.07) is 24.0. The molecule has 1 saturated heterocycles. The second-order valence-corrected chi connectivity index (χ2v) is 11.3. The molecule has 3 aromatic carbocycles. The average Bonchev–Trinajstić information content (AvgIpc) is 3.55. The van der Waals surface area contributed by atoms with Crippen molar-refractivity contribution in [3.8, 4) is 0 Å². The average molecular weight is 576 g/mol. The summed E-state index contributed by atoms with van der Waals surface area (Å²) in [5, 5.41) is 10.3. The summed E-state index contributed by atoms with van der Waals surface area (Å²) in [4.78, 5) is 35.0. The molecule has 2 aliphatic rings. The van der Waals surface area contributed by atoms with Crippen LogP contribution in [0.15, 0.2) is 77.8 Å². The molecular formula is C34H37N7O2. The number of aryl methyl sites for hydroxylation is 2. The lowest BCUT2D eigenvalue weighted by atomic mass is 9.96. The van der Waals surface area contributed by atoms with Crippen LogP contribution in [0, 0.1) is 6.92 Å². The van der Waals surface area contributed by atoms with Crippen LogP contribution in [-0.2, 0) is 17.8 Å². The Balaban J connectivity index is 1.10. The van der Waals surface area contributed by atoms with Gasteiger partial charge in [0.05, 0.1) is 11.4 Å². The van der Waals surface area contributed by atoms with E-state index < -0.39 is 5.92 Å². The van der Waals surface area contributed by atoms with Gasteiger partial charge in [0.1, 0.15) is 11.6 Å². The molecule has 220 valence electrons. The highest BCUT2D eigenvalue weighted by molar-refractivity contribution is 6.12. The van der Waals surface area contributed by atoms with Crippen molar-refractivity contribution in [3.63, 3.8) is 0 Å². The molecule has 2 aliphatic heterocycles. The molecule has 0 spiro atoms. The smallest absolute Gasteiger partial charge is 0.273 e. The summed E-state index contributed by atoms with van der Waals surface area (Å²) in [7, 11) is 2.16. The molecule has 9 nitrogen and oxygen atoms in total. The van der Waals surface area contributed by atoms with E-state index >= 15 is 0 Å². The lowest BCUT2D eigenvalue weighted by Gasteiger charge is -2.34. The van der Waals surface area contributed by atoms with Crippen molar-refractivity contribution in [1.29, 1.82) is 0 Å². The zero-order chi connectivity index (χ0) is 29.9. The number of hydrogen-bond donors (Lipinski definition) is 2. The molecule has 0 radical (unpaired) electrons. The van der Waals surface area contributed by atoms with E-state index in [0.29, 0.717) is 18.7 Å². The van der Waals surface area contributed by atoms with E-state index in [0.717, 1.165) is 65.6 Å². The molecular weight excluding hydrogens is 538 g/mol. The first-order valence-corrected chi connectivity index (χ1v) is 14.8. The molecule has 0 bridgehead atoms. The van der Waals surface area contributed by atoms with Gasteiger partial charge in [0.2, 0.25) is 5.91 Å². The van der Waals surface area contributed by atoms with Crippen molar-refractivity contribution in [2.75, 3.05) is 48.8 Å². The van der Waals surface area contributed by atoms with Gasteiger partial charge in [-0.2, -0.15) is 5.10 Å². The number of benzene rings is 3. The first kappa shape index (κ1) is 28.4. The molecule has 1 aromatic heterocycles. The van der Waals surface area contributed by atoms with E-state index in [-0.39, 0.29) is 11.8 Å². The van der Waals surface area contributed by atoms with Crippen molar-refractivity contribution in [1.82, 2.24) is 14.7 Å². The van der Waals surface area contributed by atoms with Crippen LogP contribution in [0.25, 0.3) is 0 Å². The molecule has 1 atom stereocenters. The van der Waals surface area contributed by atoms with Crippen molar-refractivity contribution >= 4 is 40.8 Å². The number of hydrogen-bond acceptors (Lipinski definition) is 6. The van der Waals surface area contributed by atoms with Gasteiger partial charge in [-0.05, 0) is 92.5 Å². The van der Waals surface area contributed by atoms with E-state index in [4.69, 9.17) is 0 Å². The Morgan fingerprint density at radius 3 is 2.44 bits per heavy atom. The number of fused-ring (bicyclic) bond motifs is 1. The number of aliphatic imine (C=N–C) groups is 1. The minimum atomic E-state index is -0.440. The minimum Gasteiger partial charge on any atom is -0.369 e. The number of carbonyl (C=O) groups excluding carboxylic acids is 2. The summed E-state index contributed by atoms with van der Waals surface area (Å²) in [6.45, 7) is 8.65. The van der Waals surface area contributed by atoms with Gasteiger partial charge in [-0.3, -0.25) is 19.3 Å². The Kier molecular flexibility index (Phi) is 8.07. The SMILES string of the molecule is CCn1nc(C)cc1C(=O)Nc1ccc(Cc2ccc3c(c2)C(C=Nc2ccc(N4CCN(C)CC4)cc2)C(=O)N3)cc1. The highest BCUT2D eigenvalue weighted by atomic mass is 16.2. The standard InChI is InChI=1S/C34H37N7O2/c1-4-41-32(19-23(2)38-41)34(43)36-27-8-5-24(6-9-27)20-25-7-14-31-29(21-25)30(33(42)37-31)22-35-26-10-12-28(13-11-26)40-17-15-39(3)16-18-40/h5-14,19,21-22,30H,4,15-18,20H2,1-3H3,(H,36,43)(H,37,42). The predicted molar refractivity (Wildman–Crippen MR) is 172 cm³/mol. The molecule has 2 amide bonds. The number of carbonyl (C=O) groups is 2. The van der Waals surface area contributed by atoms with Gasteiger partial charge in [0.15, 0.2) is 0 Å². The summed E-state index contributed by atoms with van der Waals surface area (Å²) in [6.07, 6.45) is 2.45. The number of rotatable bonds is 8. The van der Waals surface area contributed by atoms with E-state index in [1.165, 1.54) is 5.69 Å². The van der Waals surface area contributed by atoms with Gasteiger partial charge < -0.3 is 20.4 Å². The Bertz CT molecular complexity index is 1650. The minimum absolute atomic E-state index is 0.0651. The molecule has 1 unspecified atom stereocenters. The summed E-state index contributed by atoms with van der Waals surface area (Å²) >= 11 is 0. The third-order valence-electron chi connectivity index (χ3n) is 8.14. The van der Waals surface area contributed by atoms with E-state index in [2.05, 4.69) is 55.8 Å². The Hall–Kier alpha value is -4.76. The Labute approximate surface area is 252 Å². The molecule has 0 aliphatic carbocycles. The third-order valence-corrected chi connectivity index (χ3v) is 8.14. The first-order chi connectivity index (χ1) is 20.9. The van der Waals surface area contributed by atoms with E-state index in [1.54, 1.807) is 17.0 Å².